The van der Waals surface area contributed by atoms with Gasteiger partial charge in [0.2, 0.25) is 0 Å². The number of Topliss-reactive ketones (excluding diaryl/α,β-unsaturated/α-hetero) is 1. The maximum absolute atomic E-state index is 12.9. The van der Waals surface area contributed by atoms with Crippen molar-refractivity contribution in [2.45, 2.75) is 26.4 Å². The first-order chi connectivity index (χ1) is 13.4. The van der Waals surface area contributed by atoms with Crippen molar-refractivity contribution in [1.82, 2.24) is 10.2 Å². The van der Waals surface area contributed by atoms with Gasteiger partial charge in [-0.1, -0.05) is 6.07 Å². The molecule has 148 valence electrons. The fraction of sp³-hybridized carbons (Fsp3) is 0.333. The van der Waals surface area contributed by atoms with Gasteiger partial charge in [0.1, 0.15) is 17.2 Å². The second-order valence-corrected chi connectivity index (χ2v) is 6.84. The SMILES string of the molecule is CNCCCOc1ccc2c(c1)CN(C(=O)c1cc(C(C)=O)c(O)cc1O)C2. The van der Waals surface area contributed by atoms with E-state index in [-0.39, 0.29) is 28.4 Å². The van der Waals surface area contributed by atoms with Crippen molar-refractivity contribution < 1.29 is 24.5 Å². The lowest BCUT2D eigenvalue weighted by atomic mass is 10.0. The Morgan fingerprint density at radius 2 is 1.79 bits per heavy atom. The van der Waals surface area contributed by atoms with Crippen LogP contribution in [0.2, 0.25) is 0 Å². The highest BCUT2D eigenvalue weighted by molar-refractivity contribution is 6.03. The molecule has 7 nitrogen and oxygen atoms in total. The van der Waals surface area contributed by atoms with Crippen LogP contribution in [0.25, 0.3) is 0 Å². The van der Waals surface area contributed by atoms with Gasteiger partial charge in [0.15, 0.2) is 5.78 Å². The summed E-state index contributed by atoms with van der Waals surface area (Å²) in [4.78, 5) is 26.1. The van der Waals surface area contributed by atoms with Crippen LogP contribution < -0.4 is 10.1 Å². The van der Waals surface area contributed by atoms with Gasteiger partial charge in [0.25, 0.3) is 5.91 Å². The van der Waals surface area contributed by atoms with Crippen LogP contribution in [-0.4, -0.2) is 47.0 Å². The van der Waals surface area contributed by atoms with E-state index in [4.69, 9.17) is 4.74 Å². The molecule has 0 radical (unpaired) electrons. The van der Waals surface area contributed by atoms with Crippen molar-refractivity contribution in [2.75, 3.05) is 20.2 Å². The number of rotatable bonds is 7. The van der Waals surface area contributed by atoms with E-state index in [1.165, 1.54) is 13.0 Å². The highest BCUT2D eigenvalue weighted by Crippen LogP contribution is 2.32. The van der Waals surface area contributed by atoms with E-state index < -0.39 is 5.91 Å². The highest BCUT2D eigenvalue weighted by atomic mass is 16.5. The number of hydrogen-bond donors (Lipinski definition) is 3. The minimum atomic E-state index is -0.396. The molecule has 0 spiro atoms. The Labute approximate surface area is 163 Å². The van der Waals surface area contributed by atoms with Crippen LogP contribution in [0.1, 0.15) is 45.2 Å². The summed E-state index contributed by atoms with van der Waals surface area (Å²) in [7, 11) is 1.90. The van der Waals surface area contributed by atoms with Gasteiger partial charge in [-0.15, -0.1) is 0 Å². The number of ketones is 1. The van der Waals surface area contributed by atoms with Crippen molar-refractivity contribution in [3.8, 4) is 17.2 Å². The average Bonchev–Trinajstić information content (AvgIpc) is 3.08. The quantitative estimate of drug-likeness (QED) is 0.501. The number of ether oxygens (including phenoxy) is 1. The summed E-state index contributed by atoms with van der Waals surface area (Å²) < 4.78 is 5.74. The highest BCUT2D eigenvalue weighted by Gasteiger charge is 2.27. The van der Waals surface area contributed by atoms with Gasteiger partial charge in [-0.05, 0) is 56.3 Å². The number of nitrogens with zero attached hydrogens (tertiary/aromatic N) is 1. The van der Waals surface area contributed by atoms with E-state index in [1.807, 2.05) is 25.2 Å². The van der Waals surface area contributed by atoms with Crippen LogP contribution in [0.4, 0.5) is 0 Å². The van der Waals surface area contributed by atoms with Crippen molar-refractivity contribution in [3.63, 3.8) is 0 Å². The Hall–Kier alpha value is -3.06. The molecule has 1 aliphatic heterocycles. The number of phenolic OH excluding ortho intramolecular Hbond substituents is 2. The summed E-state index contributed by atoms with van der Waals surface area (Å²) in [6, 6.07) is 8.03. The van der Waals surface area contributed by atoms with Crippen molar-refractivity contribution >= 4 is 11.7 Å². The van der Waals surface area contributed by atoms with Crippen LogP contribution in [0.5, 0.6) is 17.2 Å². The second-order valence-electron chi connectivity index (χ2n) is 6.84. The van der Waals surface area contributed by atoms with Gasteiger partial charge in [0, 0.05) is 19.2 Å². The molecule has 0 aromatic heterocycles. The molecule has 0 unspecified atom stereocenters. The predicted molar refractivity (Wildman–Crippen MR) is 104 cm³/mol. The normalized spacial score (nSPS) is 12.7. The van der Waals surface area contributed by atoms with E-state index in [1.54, 1.807) is 4.90 Å². The molecule has 3 rings (SSSR count). The predicted octanol–water partition coefficient (Wildman–Crippen LogP) is 2.44. The third-order valence-corrected chi connectivity index (χ3v) is 4.75. The molecule has 0 atom stereocenters. The number of benzene rings is 2. The Bertz CT molecular complexity index is 910. The lowest BCUT2D eigenvalue weighted by molar-refractivity contribution is 0.0748. The summed E-state index contributed by atoms with van der Waals surface area (Å²) in [5.41, 5.74) is 2.01. The summed E-state index contributed by atoms with van der Waals surface area (Å²) in [6.07, 6.45) is 0.900. The first-order valence-electron chi connectivity index (χ1n) is 9.16. The number of amides is 1. The third-order valence-electron chi connectivity index (χ3n) is 4.75. The number of nitrogens with one attached hydrogen (secondary N) is 1. The standard InChI is InChI=1S/C21H24N2O5/c1-13(24)17-9-18(20(26)10-19(17)25)21(27)23-11-14-4-5-16(8-15(14)12-23)28-7-3-6-22-2/h4-5,8-10,22,25-26H,3,6-7,11-12H2,1-2H3. The number of carbonyl (C=O) groups is 2. The monoisotopic (exact) mass is 384 g/mol. The van der Waals surface area contributed by atoms with Crippen LogP contribution in [0.15, 0.2) is 30.3 Å². The molecule has 2 aromatic carbocycles. The van der Waals surface area contributed by atoms with Gasteiger partial charge in [0.05, 0.1) is 17.7 Å². The molecule has 1 aliphatic rings. The smallest absolute Gasteiger partial charge is 0.258 e. The molecule has 0 saturated carbocycles. The molecular weight excluding hydrogens is 360 g/mol. The lowest BCUT2D eigenvalue weighted by Gasteiger charge is -2.17. The Morgan fingerprint density at radius 1 is 1.07 bits per heavy atom. The van der Waals surface area contributed by atoms with Crippen molar-refractivity contribution in [3.05, 3.63) is 52.6 Å². The lowest BCUT2D eigenvalue weighted by Crippen LogP contribution is -2.25. The molecule has 2 aromatic rings. The number of hydrogen-bond acceptors (Lipinski definition) is 6. The number of carbonyl (C=O) groups excluding carboxylic acids is 2. The maximum atomic E-state index is 12.9. The van der Waals surface area contributed by atoms with Gasteiger partial charge < -0.3 is 25.2 Å². The summed E-state index contributed by atoms with van der Waals surface area (Å²) in [6.45, 7) is 3.58. The largest absolute Gasteiger partial charge is 0.507 e. The Morgan fingerprint density at radius 3 is 2.50 bits per heavy atom. The fourth-order valence-corrected chi connectivity index (χ4v) is 3.24. The summed E-state index contributed by atoms with van der Waals surface area (Å²) in [5.74, 6) is -0.706. The summed E-state index contributed by atoms with van der Waals surface area (Å²) in [5, 5.41) is 22.9. The molecule has 28 heavy (non-hydrogen) atoms. The molecule has 0 bridgehead atoms. The van der Waals surface area contributed by atoms with Gasteiger partial charge >= 0.3 is 0 Å². The van der Waals surface area contributed by atoms with E-state index in [0.717, 1.165) is 35.9 Å². The van der Waals surface area contributed by atoms with E-state index >= 15 is 0 Å². The molecule has 0 fully saturated rings. The molecule has 3 N–H and O–H groups in total. The second kappa shape index (κ2) is 8.31. The molecule has 0 saturated heterocycles. The van der Waals surface area contributed by atoms with E-state index in [2.05, 4.69) is 5.32 Å². The van der Waals surface area contributed by atoms with Crippen LogP contribution in [0, 0.1) is 0 Å². The third kappa shape index (κ3) is 4.09. The number of fused-ring (bicyclic) bond motifs is 1. The molecule has 1 heterocycles. The zero-order valence-electron chi connectivity index (χ0n) is 16.0. The van der Waals surface area contributed by atoms with Gasteiger partial charge in [-0.25, -0.2) is 0 Å². The van der Waals surface area contributed by atoms with Gasteiger partial charge in [-0.2, -0.15) is 0 Å². The first kappa shape index (κ1) is 19.7. The molecule has 1 amide bonds. The topological polar surface area (TPSA) is 99.1 Å². The van der Waals surface area contributed by atoms with Crippen molar-refractivity contribution in [2.24, 2.45) is 0 Å². The van der Waals surface area contributed by atoms with Crippen LogP contribution in [0.3, 0.4) is 0 Å². The van der Waals surface area contributed by atoms with E-state index in [9.17, 15) is 19.8 Å². The van der Waals surface area contributed by atoms with E-state index in [0.29, 0.717) is 19.7 Å². The molecule has 0 aliphatic carbocycles. The molecule has 7 heteroatoms. The summed E-state index contributed by atoms with van der Waals surface area (Å²) >= 11 is 0. The molecular formula is C21H24N2O5. The maximum Gasteiger partial charge on any atom is 0.258 e. The first-order valence-corrected chi connectivity index (χ1v) is 9.16. The fourth-order valence-electron chi connectivity index (χ4n) is 3.24. The van der Waals surface area contributed by atoms with Crippen LogP contribution >= 0.6 is 0 Å². The Balaban J connectivity index is 1.74. The van der Waals surface area contributed by atoms with Crippen molar-refractivity contribution in [1.29, 1.82) is 0 Å². The Kier molecular flexibility index (Phi) is 5.84. The average molecular weight is 384 g/mol. The minimum Gasteiger partial charge on any atom is -0.507 e. The minimum absolute atomic E-state index is 0.000606. The van der Waals surface area contributed by atoms with Gasteiger partial charge in [-0.3, -0.25) is 9.59 Å². The number of phenols is 2. The van der Waals surface area contributed by atoms with Crippen LogP contribution in [-0.2, 0) is 13.1 Å². The zero-order chi connectivity index (χ0) is 20.3. The zero-order valence-corrected chi connectivity index (χ0v) is 16.0. The number of aromatic hydroxyl groups is 2.